The molecular formula is C43H27N3O. The molecule has 9 rings (SSSR count). The monoisotopic (exact) mass is 601 g/mol. The van der Waals surface area contributed by atoms with Crippen LogP contribution in [0.4, 0.5) is 0 Å². The number of rotatable bonds is 5. The van der Waals surface area contributed by atoms with Crippen LogP contribution in [0.5, 0.6) is 0 Å². The molecule has 0 fully saturated rings. The van der Waals surface area contributed by atoms with Gasteiger partial charge in [-0.15, -0.1) is 0 Å². The van der Waals surface area contributed by atoms with Gasteiger partial charge in [0.25, 0.3) is 0 Å². The number of hydrogen-bond donors (Lipinski definition) is 0. The molecule has 0 saturated heterocycles. The van der Waals surface area contributed by atoms with Gasteiger partial charge in [0.05, 0.1) is 0 Å². The summed E-state index contributed by atoms with van der Waals surface area (Å²) in [4.78, 5) is 15.0. The number of aromatic nitrogens is 3. The quantitative estimate of drug-likeness (QED) is 0.197. The van der Waals surface area contributed by atoms with Gasteiger partial charge < -0.3 is 4.42 Å². The predicted octanol–water partition coefficient (Wildman–Crippen LogP) is 11.3. The van der Waals surface area contributed by atoms with E-state index in [0.29, 0.717) is 17.5 Å². The molecule has 0 aliphatic heterocycles. The molecular weight excluding hydrogens is 574 g/mol. The Morgan fingerprint density at radius 2 is 0.809 bits per heavy atom. The highest BCUT2D eigenvalue weighted by atomic mass is 16.3. The molecule has 220 valence electrons. The van der Waals surface area contributed by atoms with Crippen LogP contribution in [-0.2, 0) is 0 Å². The summed E-state index contributed by atoms with van der Waals surface area (Å²) in [6, 6.07) is 56.4. The molecule has 7 aromatic carbocycles. The Morgan fingerprint density at radius 1 is 0.298 bits per heavy atom. The molecule has 4 nitrogen and oxygen atoms in total. The zero-order valence-electron chi connectivity index (χ0n) is 25.3. The number of furan rings is 1. The van der Waals surface area contributed by atoms with E-state index in [1.54, 1.807) is 0 Å². The number of benzene rings is 7. The Bertz CT molecular complexity index is 2550. The van der Waals surface area contributed by atoms with Gasteiger partial charge in [0.1, 0.15) is 11.2 Å². The first-order valence-electron chi connectivity index (χ1n) is 15.7. The first-order chi connectivity index (χ1) is 23.2. The van der Waals surface area contributed by atoms with Gasteiger partial charge in [-0.2, -0.15) is 0 Å². The molecule has 0 atom stereocenters. The summed E-state index contributed by atoms with van der Waals surface area (Å²) in [5.41, 5.74) is 9.02. The fourth-order valence-corrected chi connectivity index (χ4v) is 6.26. The summed E-state index contributed by atoms with van der Waals surface area (Å²) in [6.45, 7) is 0. The Balaban J connectivity index is 1.17. The summed E-state index contributed by atoms with van der Waals surface area (Å²) in [6.07, 6.45) is 0. The number of hydrogen-bond acceptors (Lipinski definition) is 4. The van der Waals surface area contributed by atoms with Crippen LogP contribution >= 0.6 is 0 Å². The minimum atomic E-state index is 0.595. The van der Waals surface area contributed by atoms with Gasteiger partial charge in [0.2, 0.25) is 0 Å². The SMILES string of the molecule is c1ccc(-c2ccc(-c3nc(-c4ccc5ccccc5c4)nc(-c4ccc5c(c4)oc4ccc(-c6ccccc6)cc45)n3)cc2)cc1. The molecule has 0 saturated carbocycles. The lowest BCUT2D eigenvalue weighted by Crippen LogP contribution is -2.00. The molecule has 0 spiro atoms. The van der Waals surface area contributed by atoms with Crippen molar-refractivity contribution < 1.29 is 4.42 Å². The van der Waals surface area contributed by atoms with Crippen molar-refractivity contribution in [2.75, 3.05) is 0 Å². The van der Waals surface area contributed by atoms with E-state index in [1.165, 1.54) is 16.5 Å². The molecule has 0 unspecified atom stereocenters. The molecule has 2 heterocycles. The minimum Gasteiger partial charge on any atom is -0.456 e. The Kier molecular flexibility index (Phi) is 6.43. The highest BCUT2D eigenvalue weighted by Crippen LogP contribution is 2.35. The van der Waals surface area contributed by atoms with Crippen molar-refractivity contribution in [1.82, 2.24) is 15.0 Å². The topological polar surface area (TPSA) is 51.8 Å². The summed E-state index contributed by atoms with van der Waals surface area (Å²) in [5.74, 6) is 1.84. The van der Waals surface area contributed by atoms with E-state index in [1.807, 2.05) is 18.2 Å². The second-order valence-corrected chi connectivity index (χ2v) is 11.7. The zero-order chi connectivity index (χ0) is 31.2. The smallest absolute Gasteiger partial charge is 0.164 e. The molecule has 2 aromatic heterocycles. The van der Waals surface area contributed by atoms with Crippen molar-refractivity contribution >= 4 is 32.7 Å². The minimum absolute atomic E-state index is 0.595. The van der Waals surface area contributed by atoms with Gasteiger partial charge in [-0.25, -0.2) is 15.0 Å². The number of fused-ring (bicyclic) bond motifs is 4. The van der Waals surface area contributed by atoms with Crippen LogP contribution in [0.1, 0.15) is 0 Å². The largest absolute Gasteiger partial charge is 0.456 e. The summed E-state index contributed by atoms with van der Waals surface area (Å²) in [7, 11) is 0. The van der Waals surface area contributed by atoms with E-state index in [4.69, 9.17) is 19.4 Å². The molecule has 0 amide bonds. The van der Waals surface area contributed by atoms with Crippen LogP contribution in [0, 0.1) is 0 Å². The van der Waals surface area contributed by atoms with Gasteiger partial charge in [-0.3, -0.25) is 0 Å². The Hall–Kier alpha value is -6.39. The summed E-state index contributed by atoms with van der Waals surface area (Å²) in [5, 5.41) is 4.45. The van der Waals surface area contributed by atoms with E-state index in [9.17, 15) is 0 Å². The molecule has 0 aliphatic rings. The van der Waals surface area contributed by atoms with Crippen LogP contribution in [0.15, 0.2) is 168 Å². The second-order valence-electron chi connectivity index (χ2n) is 11.7. The lowest BCUT2D eigenvalue weighted by molar-refractivity contribution is 0.669. The van der Waals surface area contributed by atoms with Gasteiger partial charge in [-0.1, -0.05) is 133 Å². The van der Waals surface area contributed by atoms with Gasteiger partial charge in [-0.05, 0) is 63.4 Å². The predicted molar refractivity (Wildman–Crippen MR) is 192 cm³/mol. The third-order valence-corrected chi connectivity index (χ3v) is 8.73. The van der Waals surface area contributed by atoms with Crippen LogP contribution in [0.25, 0.3) is 89.1 Å². The third kappa shape index (κ3) is 5.02. The molecule has 0 radical (unpaired) electrons. The van der Waals surface area contributed by atoms with E-state index >= 15 is 0 Å². The van der Waals surface area contributed by atoms with Gasteiger partial charge in [0.15, 0.2) is 17.5 Å². The van der Waals surface area contributed by atoms with Crippen LogP contribution in [0.3, 0.4) is 0 Å². The van der Waals surface area contributed by atoms with E-state index in [-0.39, 0.29) is 0 Å². The van der Waals surface area contributed by atoms with Crippen LogP contribution in [0.2, 0.25) is 0 Å². The van der Waals surface area contributed by atoms with E-state index in [2.05, 4.69) is 146 Å². The Morgan fingerprint density at radius 3 is 1.53 bits per heavy atom. The maximum absolute atomic E-state index is 6.37. The van der Waals surface area contributed by atoms with Crippen molar-refractivity contribution in [2.24, 2.45) is 0 Å². The third-order valence-electron chi connectivity index (χ3n) is 8.73. The second kappa shape index (κ2) is 11.2. The fraction of sp³-hybridized carbons (Fsp3) is 0. The van der Waals surface area contributed by atoms with Crippen molar-refractivity contribution in [1.29, 1.82) is 0 Å². The summed E-state index contributed by atoms with van der Waals surface area (Å²) >= 11 is 0. The van der Waals surface area contributed by atoms with Crippen molar-refractivity contribution in [3.05, 3.63) is 164 Å². The average molecular weight is 602 g/mol. The Labute approximate surface area is 271 Å². The highest BCUT2D eigenvalue weighted by Gasteiger charge is 2.16. The lowest BCUT2D eigenvalue weighted by Gasteiger charge is -2.10. The molecule has 47 heavy (non-hydrogen) atoms. The normalized spacial score (nSPS) is 11.4. The zero-order valence-corrected chi connectivity index (χ0v) is 25.3. The van der Waals surface area contributed by atoms with Crippen LogP contribution < -0.4 is 0 Å². The molecule has 0 N–H and O–H groups in total. The number of nitrogens with zero attached hydrogens (tertiary/aromatic N) is 3. The van der Waals surface area contributed by atoms with Gasteiger partial charge in [0, 0.05) is 27.5 Å². The first kappa shape index (κ1) is 27.0. The van der Waals surface area contributed by atoms with Crippen molar-refractivity contribution in [3.63, 3.8) is 0 Å². The van der Waals surface area contributed by atoms with Crippen LogP contribution in [-0.4, -0.2) is 15.0 Å². The standard InChI is InChI=1S/C43H27N3O/c1-3-9-28(10-4-1)31-15-18-32(19-16-31)41-44-42(35-20-17-30-13-7-8-14-33(30)25-35)46-43(45-41)36-21-23-37-38-26-34(29-11-5-2-6-12-29)22-24-39(38)47-40(37)27-36/h1-27H. The van der Waals surface area contributed by atoms with E-state index in [0.717, 1.165) is 55.1 Å². The summed E-state index contributed by atoms with van der Waals surface area (Å²) < 4.78 is 6.37. The molecule has 9 aromatic rings. The average Bonchev–Trinajstić information content (AvgIpc) is 3.52. The van der Waals surface area contributed by atoms with Crippen molar-refractivity contribution in [3.8, 4) is 56.4 Å². The molecule has 0 bridgehead atoms. The lowest BCUT2D eigenvalue weighted by atomic mass is 10.0. The first-order valence-corrected chi connectivity index (χ1v) is 15.7. The van der Waals surface area contributed by atoms with E-state index < -0.39 is 0 Å². The molecule has 4 heteroatoms. The maximum atomic E-state index is 6.37. The highest BCUT2D eigenvalue weighted by molar-refractivity contribution is 6.07. The van der Waals surface area contributed by atoms with Crippen molar-refractivity contribution in [2.45, 2.75) is 0 Å². The maximum Gasteiger partial charge on any atom is 0.164 e. The fourth-order valence-electron chi connectivity index (χ4n) is 6.26. The van der Waals surface area contributed by atoms with Gasteiger partial charge >= 0.3 is 0 Å². The molecule has 0 aliphatic carbocycles.